The molecule has 17 heavy (non-hydrogen) atoms. The molecular formula is C13H17NO3. The predicted molar refractivity (Wildman–Crippen MR) is 65.0 cm³/mol. The van der Waals surface area contributed by atoms with Gasteiger partial charge in [0, 0.05) is 11.5 Å². The number of aromatic hydroxyl groups is 1. The minimum absolute atomic E-state index is 0.0188. The molecule has 0 aliphatic heterocycles. The molecule has 0 radical (unpaired) electrons. The van der Waals surface area contributed by atoms with Crippen molar-refractivity contribution >= 4 is 11.7 Å². The molecule has 0 unspecified atom stereocenters. The van der Waals surface area contributed by atoms with E-state index in [2.05, 4.69) is 5.32 Å². The van der Waals surface area contributed by atoms with Crippen molar-refractivity contribution in [1.82, 2.24) is 5.32 Å². The summed E-state index contributed by atoms with van der Waals surface area (Å²) >= 11 is 0. The van der Waals surface area contributed by atoms with E-state index in [1.807, 2.05) is 0 Å². The number of hydrogen-bond donors (Lipinski definition) is 2. The highest BCUT2D eigenvalue weighted by Gasteiger charge is 2.11. The Kier molecular flexibility index (Phi) is 4.26. The summed E-state index contributed by atoms with van der Waals surface area (Å²) in [6.45, 7) is 5.34. The molecule has 0 saturated carbocycles. The second kappa shape index (κ2) is 5.48. The fourth-order valence-electron chi connectivity index (χ4n) is 1.22. The summed E-state index contributed by atoms with van der Waals surface area (Å²) in [5, 5.41) is 12.0. The number of amides is 1. The second-order valence-electron chi connectivity index (χ2n) is 4.30. The highest BCUT2D eigenvalue weighted by Crippen LogP contribution is 2.17. The number of carbonyl (C=O) groups is 2. The van der Waals surface area contributed by atoms with Crippen LogP contribution in [0.2, 0.25) is 0 Å². The summed E-state index contributed by atoms with van der Waals surface area (Å²) in [5.74, 6) is -0.390. The Morgan fingerprint density at radius 2 is 2.00 bits per heavy atom. The molecule has 0 atom stereocenters. The molecule has 4 heteroatoms. The molecule has 0 aliphatic rings. The quantitative estimate of drug-likeness (QED) is 0.834. The number of benzene rings is 1. The van der Waals surface area contributed by atoms with Gasteiger partial charge in [0.2, 0.25) is 0 Å². The van der Waals surface area contributed by atoms with Crippen molar-refractivity contribution in [3.8, 4) is 5.75 Å². The minimum atomic E-state index is -0.352. The SMILES string of the molecule is Cc1ccc(C(=O)NCC(=O)C(C)C)cc1O. The van der Waals surface area contributed by atoms with Crippen molar-refractivity contribution in [3.05, 3.63) is 29.3 Å². The van der Waals surface area contributed by atoms with Gasteiger partial charge in [-0.15, -0.1) is 0 Å². The molecule has 0 fully saturated rings. The van der Waals surface area contributed by atoms with Gasteiger partial charge >= 0.3 is 0 Å². The summed E-state index contributed by atoms with van der Waals surface area (Å²) in [5.41, 5.74) is 1.06. The van der Waals surface area contributed by atoms with Crippen LogP contribution >= 0.6 is 0 Å². The number of ketones is 1. The van der Waals surface area contributed by atoms with Gasteiger partial charge in [-0.3, -0.25) is 9.59 Å². The molecule has 2 N–H and O–H groups in total. The third-order valence-corrected chi connectivity index (χ3v) is 2.54. The van der Waals surface area contributed by atoms with E-state index >= 15 is 0 Å². The van der Waals surface area contributed by atoms with Crippen LogP contribution in [-0.2, 0) is 4.79 Å². The number of rotatable bonds is 4. The van der Waals surface area contributed by atoms with Gasteiger partial charge in [0.05, 0.1) is 6.54 Å². The minimum Gasteiger partial charge on any atom is -0.508 e. The zero-order valence-corrected chi connectivity index (χ0v) is 10.3. The van der Waals surface area contributed by atoms with Gasteiger partial charge in [-0.2, -0.15) is 0 Å². The molecular weight excluding hydrogens is 218 g/mol. The van der Waals surface area contributed by atoms with Gasteiger partial charge in [0.1, 0.15) is 5.75 Å². The van der Waals surface area contributed by atoms with Crippen LogP contribution < -0.4 is 5.32 Å². The lowest BCUT2D eigenvalue weighted by atomic mass is 10.1. The molecule has 0 saturated heterocycles. The second-order valence-corrected chi connectivity index (χ2v) is 4.30. The molecule has 1 amide bonds. The topological polar surface area (TPSA) is 66.4 Å². The van der Waals surface area contributed by atoms with E-state index in [0.29, 0.717) is 11.1 Å². The Labute approximate surface area is 101 Å². The largest absolute Gasteiger partial charge is 0.508 e. The number of aryl methyl sites for hydroxylation is 1. The Morgan fingerprint density at radius 1 is 1.35 bits per heavy atom. The summed E-state index contributed by atoms with van der Waals surface area (Å²) in [6.07, 6.45) is 0. The van der Waals surface area contributed by atoms with E-state index in [1.54, 1.807) is 32.9 Å². The van der Waals surface area contributed by atoms with Crippen molar-refractivity contribution < 1.29 is 14.7 Å². The maximum atomic E-state index is 11.7. The van der Waals surface area contributed by atoms with E-state index in [0.717, 1.165) is 0 Å². The van der Waals surface area contributed by atoms with E-state index < -0.39 is 0 Å². The van der Waals surface area contributed by atoms with Gasteiger partial charge in [-0.25, -0.2) is 0 Å². The molecule has 0 aromatic heterocycles. The summed E-state index contributed by atoms with van der Waals surface area (Å²) in [6, 6.07) is 4.67. The van der Waals surface area contributed by atoms with Crippen LogP contribution in [0.3, 0.4) is 0 Å². The number of hydrogen-bond acceptors (Lipinski definition) is 3. The molecule has 0 spiro atoms. The van der Waals surface area contributed by atoms with Crippen LogP contribution in [-0.4, -0.2) is 23.3 Å². The maximum Gasteiger partial charge on any atom is 0.251 e. The third-order valence-electron chi connectivity index (χ3n) is 2.54. The van der Waals surface area contributed by atoms with E-state index in [4.69, 9.17) is 0 Å². The average molecular weight is 235 g/mol. The smallest absolute Gasteiger partial charge is 0.251 e. The van der Waals surface area contributed by atoms with E-state index in [1.165, 1.54) is 6.07 Å². The highest BCUT2D eigenvalue weighted by atomic mass is 16.3. The van der Waals surface area contributed by atoms with Crippen LogP contribution in [0.1, 0.15) is 29.8 Å². The van der Waals surface area contributed by atoms with Crippen LogP contribution in [0.4, 0.5) is 0 Å². The fourth-order valence-corrected chi connectivity index (χ4v) is 1.22. The predicted octanol–water partition coefficient (Wildman–Crippen LogP) is 1.66. The Balaban J connectivity index is 2.64. The molecule has 0 aliphatic carbocycles. The molecule has 92 valence electrons. The summed E-state index contributed by atoms with van der Waals surface area (Å²) in [7, 11) is 0. The number of phenolic OH excluding ortho intramolecular Hbond substituents is 1. The molecule has 0 heterocycles. The number of phenols is 1. The maximum absolute atomic E-state index is 11.7. The Hall–Kier alpha value is -1.84. The summed E-state index contributed by atoms with van der Waals surface area (Å²) in [4.78, 5) is 23.0. The normalized spacial score (nSPS) is 10.4. The van der Waals surface area contributed by atoms with Crippen molar-refractivity contribution in [2.45, 2.75) is 20.8 Å². The van der Waals surface area contributed by atoms with E-state index in [9.17, 15) is 14.7 Å². The zero-order chi connectivity index (χ0) is 13.0. The van der Waals surface area contributed by atoms with Crippen molar-refractivity contribution in [2.24, 2.45) is 5.92 Å². The zero-order valence-electron chi connectivity index (χ0n) is 10.3. The lowest BCUT2D eigenvalue weighted by Crippen LogP contribution is -2.31. The third kappa shape index (κ3) is 3.59. The van der Waals surface area contributed by atoms with Gasteiger partial charge in [-0.1, -0.05) is 19.9 Å². The molecule has 4 nitrogen and oxygen atoms in total. The van der Waals surface area contributed by atoms with Gasteiger partial charge in [-0.05, 0) is 24.6 Å². The first-order valence-electron chi connectivity index (χ1n) is 5.52. The monoisotopic (exact) mass is 235 g/mol. The number of Topliss-reactive ketones (excluding diaryl/α,β-unsaturated/α-hetero) is 1. The van der Waals surface area contributed by atoms with Gasteiger partial charge in [0.25, 0.3) is 5.91 Å². The van der Waals surface area contributed by atoms with E-state index in [-0.39, 0.29) is 29.9 Å². The first-order valence-corrected chi connectivity index (χ1v) is 5.52. The molecule has 1 rings (SSSR count). The lowest BCUT2D eigenvalue weighted by molar-refractivity contribution is -0.120. The molecule has 1 aromatic carbocycles. The number of carbonyl (C=O) groups excluding carboxylic acids is 2. The molecule has 1 aromatic rings. The average Bonchev–Trinajstić information content (AvgIpc) is 2.28. The van der Waals surface area contributed by atoms with Crippen LogP contribution in [0.25, 0.3) is 0 Å². The summed E-state index contributed by atoms with van der Waals surface area (Å²) < 4.78 is 0. The standard InChI is InChI=1S/C13H17NO3/c1-8(2)12(16)7-14-13(17)10-5-4-9(3)11(15)6-10/h4-6,8,15H,7H2,1-3H3,(H,14,17). The van der Waals surface area contributed by atoms with Crippen LogP contribution in [0.5, 0.6) is 5.75 Å². The fraction of sp³-hybridized carbons (Fsp3) is 0.385. The van der Waals surface area contributed by atoms with Crippen molar-refractivity contribution in [3.63, 3.8) is 0 Å². The lowest BCUT2D eigenvalue weighted by Gasteiger charge is -2.07. The molecule has 0 bridgehead atoms. The van der Waals surface area contributed by atoms with Crippen molar-refractivity contribution in [1.29, 1.82) is 0 Å². The first kappa shape index (κ1) is 13.2. The van der Waals surface area contributed by atoms with Crippen molar-refractivity contribution in [2.75, 3.05) is 6.54 Å². The van der Waals surface area contributed by atoms with Gasteiger partial charge < -0.3 is 10.4 Å². The Bertz CT molecular complexity index is 438. The van der Waals surface area contributed by atoms with Crippen LogP contribution in [0, 0.1) is 12.8 Å². The first-order chi connectivity index (χ1) is 7.91. The van der Waals surface area contributed by atoms with Gasteiger partial charge in [0.15, 0.2) is 5.78 Å². The van der Waals surface area contributed by atoms with Crippen LogP contribution in [0.15, 0.2) is 18.2 Å². The number of nitrogens with one attached hydrogen (secondary N) is 1. The highest BCUT2D eigenvalue weighted by molar-refractivity contribution is 5.97. The Morgan fingerprint density at radius 3 is 2.53 bits per heavy atom.